The van der Waals surface area contributed by atoms with E-state index in [0.717, 1.165) is 10.5 Å². The monoisotopic (exact) mass is 206 g/mol. The second-order valence-electron chi connectivity index (χ2n) is 4.54. The van der Waals surface area contributed by atoms with E-state index in [-0.39, 0.29) is 5.41 Å². The highest BCUT2D eigenvalue weighted by Gasteiger charge is 2.17. The smallest absolute Gasteiger partial charge is 0.127 e. The first kappa shape index (κ1) is 9.59. The molecule has 0 unspecified atom stereocenters. The van der Waals surface area contributed by atoms with Crippen LogP contribution in [-0.4, -0.2) is 9.97 Å². The zero-order valence-corrected chi connectivity index (χ0v) is 9.77. The van der Waals surface area contributed by atoms with Crippen molar-refractivity contribution in [3.8, 4) is 0 Å². The summed E-state index contributed by atoms with van der Waals surface area (Å²) in [5, 5.41) is 1.20. The molecule has 74 valence electrons. The van der Waals surface area contributed by atoms with E-state index in [1.807, 2.05) is 6.92 Å². The Balaban J connectivity index is 2.69. The minimum absolute atomic E-state index is 0.206. The SMILES string of the molecule is Cc1ncnc2sc(C(C)(C)C)cc12. The molecule has 0 bridgehead atoms. The minimum Gasteiger partial charge on any atom is -0.241 e. The lowest BCUT2D eigenvalue weighted by Crippen LogP contribution is -2.07. The van der Waals surface area contributed by atoms with Gasteiger partial charge in [0.1, 0.15) is 11.2 Å². The zero-order valence-electron chi connectivity index (χ0n) is 8.96. The van der Waals surface area contributed by atoms with Crippen molar-refractivity contribution in [2.45, 2.75) is 33.1 Å². The topological polar surface area (TPSA) is 25.8 Å². The van der Waals surface area contributed by atoms with Crippen molar-refractivity contribution < 1.29 is 0 Å². The van der Waals surface area contributed by atoms with Gasteiger partial charge in [-0.15, -0.1) is 11.3 Å². The first-order valence-corrected chi connectivity index (χ1v) is 5.52. The number of fused-ring (bicyclic) bond motifs is 1. The maximum Gasteiger partial charge on any atom is 0.127 e. The Hall–Kier alpha value is -0.960. The van der Waals surface area contributed by atoms with E-state index >= 15 is 0 Å². The van der Waals surface area contributed by atoms with Gasteiger partial charge in [-0.25, -0.2) is 9.97 Å². The molecule has 2 rings (SSSR count). The van der Waals surface area contributed by atoms with E-state index in [2.05, 4.69) is 36.8 Å². The number of hydrogen-bond donors (Lipinski definition) is 0. The number of nitrogens with zero attached hydrogens (tertiary/aromatic N) is 2. The fourth-order valence-electron chi connectivity index (χ4n) is 1.34. The van der Waals surface area contributed by atoms with Crippen molar-refractivity contribution in [3.63, 3.8) is 0 Å². The quantitative estimate of drug-likeness (QED) is 0.661. The largest absolute Gasteiger partial charge is 0.241 e. The molecule has 0 amide bonds. The van der Waals surface area contributed by atoms with Crippen LogP contribution in [-0.2, 0) is 5.41 Å². The van der Waals surface area contributed by atoms with Crippen LogP contribution in [0.1, 0.15) is 31.3 Å². The van der Waals surface area contributed by atoms with E-state index in [4.69, 9.17) is 0 Å². The lowest BCUT2D eigenvalue weighted by atomic mass is 9.94. The number of aryl methyl sites for hydroxylation is 1. The summed E-state index contributed by atoms with van der Waals surface area (Å²) < 4.78 is 0. The fourth-order valence-corrected chi connectivity index (χ4v) is 2.45. The van der Waals surface area contributed by atoms with Crippen molar-refractivity contribution in [2.75, 3.05) is 0 Å². The van der Waals surface area contributed by atoms with E-state index in [9.17, 15) is 0 Å². The number of rotatable bonds is 0. The van der Waals surface area contributed by atoms with Gasteiger partial charge in [-0.3, -0.25) is 0 Å². The lowest BCUT2D eigenvalue weighted by molar-refractivity contribution is 0.604. The number of thiophene rings is 1. The van der Waals surface area contributed by atoms with Gasteiger partial charge in [0, 0.05) is 16.0 Å². The molecule has 0 aliphatic carbocycles. The predicted octanol–water partition coefficient (Wildman–Crippen LogP) is 3.30. The Morgan fingerprint density at radius 2 is 1.93 bits per heavy atom. The third-order valence-corrected chi connectivity index (χ3v) is 3.74. The van der Waals surface area contributed by atoms with Gasteiger partial charge in [0.15, 0.2) is 0 Å². The molecule has 2 aromatic rings. The van der Waals surface area contributed by atoms with E-state index in [0.29, 0.717) is 0 Å². The van der Waals surface area contributed by atoms with Gasteiger partial charge in [0.05, 0.1) is 0 Å². The number of aromatic nitrogens is 2. The highest BCUT2D eigenvalue weighted by molar-refractivity contribution is 7.18. The second-order valence-corrected chi connectivity index (χ2v) is 5.57. The first-order chi connectivity index (χ1) is 6.48. The highest BCUT2D eigenvalue weighted by Crippen LogP contribution is 2.33. The molecule has 0 atom stereocenters. The van der Waals surface area contributed by atoms with Gasteiger partial charge >= 0.3 is 0 Å². The van der Waals surface area contributed by atoms with Crippen LogP contribution in [0.4, 0.5) is 0 Å². The van der Waals surface area contributed by atoms with Crippen LogP contribution >= 0.6 is 11.3 Å². The maximum absolute atomic E-state index is 4.28. The molecule has 0 N–H and O–H groups in total. The molecule has 0 radical (unpaired) electrons. The Bertz CT molecular complexity index is 466. The standard InChI is InChI=1S/C11H14N2S/c1-7-8-5-9(11(2,3)4)14-10(8)13-6-12-7/h5-6H,1-4H3. The molecule has 2 heterocycles. The van der Waals surface area contributed by atoms with Crippen molar-refractivity contribution in [1.29, 1.82) is 0 Å². The van der Waals surface area contributed by atoms with Gasteiger partial charge in [-0.1, -0.05) is 20.8 Å². The third kappa shape index (κ3) is 1.52. The molecule has 0 fully saturated rings. The Morgan fingerprint density at radius 3 is 2.50 bits per heavy atom. The molecular weight excluding hydrogens is 192 g/mol. The molecule has 3 heteroatoms. The average Bonchev–Trinajstić information content (AvgIpc) is 2.48. The van der Waals surface area contributed by atoms with Gasteiger partial charge in [0.2, 0.25) is 0 Å². The first-order valence-electron chi connectivity index (χ1n) is 4.70. The van der Waals surface area contributed by atoms with Crippen molar-refractivity contribution in [2.24, 2.45) is 0 Å². The fraction of sp³-hybridized carbons (Fsp3) is 0.455. The van der Waals surface area contributed by atoms with Crippen LogP contribution in [0.5, 0.6) is 0 Å². The zero-order chi connectivity index (χ0) is 10.3. The summed E-state index contributed by atoms with van der Waals surface area (Å²) in [4.78, 5) is 11.0. The summed E-state index contributed by atoms with van der Waals surface area (Å²) in [7, 11) is 0. The van der Waals surface area contributed by atoms with Crippen LogP contribution in [0.3, 0.4) is 0 Å². The lowest BCUT2D eigenvalue weighted by Gasteiger charge is -2.14. The van der Waals surface area contributed by atoms with Gasteiger partial charge in [-0.2, -0.15) is 0 Å². The van der Waals surface area contributed by atoms with Gasteiger partial charge in [-0.05, 0) is 18.4 Å². The Labute approximate surface area is 88.0 Å². The molecule has 0 saturated heterocycles. The molecule has 2 nitrogen and oxygen atoms in total. The minimum atomic E-state index is 0.206. The third-order valence-electron chi connectivity index (χ3n) is 2.27. The van der Waals surface area contributed by atoms with Crippen LogP contribution < -0.4 is 0 Å². The molecule has 0 aliphatic rings. The summed E-state index contributed by atoms with van der Waals surface area (Å²) in [6.07, 6.45) is 1.64. The van der Waals surface area contributed by atoms with Gasteiger partial charge in [0.25, 0.3) is 0 Å². The molecule has 14 heavy (non-hydrogen) atoms. The van der Waals surface area contributed by atoms with Crippen molar-refractivity contribution in [1.82, 2.24) is 9.97 Å². The van der Waals surface area contributed by atoms with Crippen LogP contribution in [0.25, 0.3) is 10.2 Å². The summed E-state index contributed by atoms with van der Waals surface area (Å²) in [6, 6.07) is 2.22. The van der Waals surface area contributed by atoms with Crippen LogP contribution in [0.15, 0.2) is 12.4 Å². The summed E-state index contributed by atoms with van der Waals surface area (Å²) >= 11 is 1.77. The number of hydrogen-bond acceptors (Lipinski definition) is 3. The normalized spacial score (nSPS) is 12.3. The highest BCUT2D eigenvalue weighted by atomic mass is 32.1. The molecule has 0 saturated carbocycles. The van der Waals surface area contributed by atoms with E-state index < -0.39 is 0 Å². The summed E-state index contributed by atoms with van der Waals surface area (Å²) in [5.41, 5.74) is 1.28. The van der Waals surface area contributed by atoms with E-state index in [1.54, 1.807) is 17.7 Å². The van der Waals surface area contributed by atoms with Crippen LogP contribution in [0.2, 0.25) is 0 Å². The molecular formula is C11H14N2S. The Kier molecular flexibility index (Phi) is 2.07. The summed E-state index contributed by atoms with van der Waals surface area (Å²) in [5.74, 6) is 0. The molecule has 0 aliphatic heterocycles. The van der Waals surface area contributed by atoms with Crippen LogP contribution in [0, 0.1) is 6.92 Å². The molecule has 0 spiro atoms. The van der Waals surface area contributed by atoms with Crippen molar-refractivity contribution in [3.05, 3.63) is 23.0 Å². The second kappa shape index (κ2) is 3.02. The maximum atomic E-state index is 4.28. The summed E-state index contributed by atoms with van der Waals surface area (Å²) in [6.45, 7) is 8.70. The van der Waals surface area contributed by atoms with E-state index in [1.165, 1.54) is 10.3 Å². The molecule has 0 aromatic carbocycles. The molecule has 2 aromatic heterocycles. The average molecular weight is 206 g/mol. The van der Waals surface area contributed by atoms with Gasteiger partial charge < -0.3 is 0 Å². The van der Waals surface area contributed by atoms with Crippen molar-refractivity contribution >= 4 is 21.6 Å². The predicted molar refractivity (Wildman–Crippen MR) is 60.9 cm³/mol. The Morgan fingerprint density at radius 1 is 1.21 bits per heavy atom.